The molecule has 2 atom stereocenters. The van der Waals surface area contributed by atoms with Crippen molar-refractivity contribution in [2.24, 2.45) is 5.92 Å². The number of hydrogen-bond acceptors (Lipinski definition) is 3. The highest BCUT2D eigenvalue weighted by molar-refractivity contribution is 7.10. The normalized spacial score (nSPS) is 23.6. The summed E-state index contributed by atoms with van der Waals surface area (Å²) in [5, 5.41) is 12.8. The highest BCUT2D eigenvalue weighted by atomic mass is 32.1. The molecule has 4 rings (SSSR count). The SMILES string of the molecule is O[C@@H](C[C@H]1c2sccc2-c2cncn21)C1CCCCC1. The molecule has 3 nitrogen and oxygen atoms in total. The highest BCUT2D eigenvalue weighted by Gasteiger charge is 2.33. The van der Waals surface area contributed by atoms with Crippen LogP contribution in [0.15, 0.2) is 24.0 Å². The van der Waals surface area contributed by atoms with Crippen molar-refractivity contribution in [3.63, 3.8) is 0 Å². The maximum atomic E-state index is 10.6. The molecule has 1 saturated carbocycles. The summed E-state index contributed by atoms with van der Waals surface area (Å²) >= 11 is 1.81. The molecule has 0 aromatic carbocycles. The summed E-state index contributed by atoms with van der Waals surface area (Å²) in [6.45, 7) is 0. The van der Waals surface area contributed by atoms with Crippen LogP contribution >= 0.6 is 11.3 Å². The zero-order valence-electron chi connectivity index (χ0n) is 11.5. The number of thiophene rings is 1. The van der Waals surface area contributed by atoms with Gasteiger partial charge in [-0.3, -0.25) is 0 Å². The van der Waals surface area contributed by atoms with Gasteiger partial charge in [0.2, 0.25) is 0 Å². The average Bonchev–Trinajstić information content (AvgIpc) is 3.16. The van der Waals surface area contributed by atoms with Crippen LogP contribution < -0.4 is 0 Å². The van der Waals surface area contributed by atoms with Crippen molar-refractivity contribution in [1.82, 2.24) is 9.55 Å². The molecular weight excluding hydrogens is 268 g/mol. The smallest absolute Gasteiger partial charge is 0.0957 e. The van der Waals surface area contributed by atoms with Crippen molar-refractivity contribution < 1.29 is 5.11 Å². The van der Waals surface area contributed by atoms with Gasteiger partial charge in [-0.25, -0.2) is 4.98 Å². The van der Waals surface area contributed by atoms with Crippen LogP contribution in [0.1, 0.15) is 49.4 Å². The predicted molar refractivity (Wildman–Crippen MR) is 80.9 cm³/mol. The van der Waals surface area contributed by atoms with Gasteiger partial charge >= 0.3 is 0 Å². The third-order valence-electron chi connectivity index (χ3n) is 4.93. The molecule has 2 aromatic rings. The summed E-state index contributed by atoms with van der Waals surface area (Å²) in [4.78, 5) is 5.68. The van der Waals surface area contributed by atoms with E-state index in [0.29, 0.717) is 12.0 Å². The van der Waals surface area contributed by atoms with E-state index < -0.39 is 0 Å². The van der Waals surface area contributed by atoms with Gasteiger partial charge in [0, 0.05) is 10.4 Å². The zero-order valence-corrected chi connectivity index (χ0v) is 12.4. The summed E-state index contributed by atoms with van der Waals surface area (Å²) in [6.07, 6.45) is 10.8. The van der Waals surface area contributed by atoms with E-state index in [-0.39, 0.29) is 6.10 Å². The van der Waals surface area contributed by atoms with E-state index in [0.717, 1.165) is 6.42 Å². The maximum absolute atomic E-state index is 10.6. The molecule has 1 N–H and O–H groups in total. The van der Waals surface area contributed by atoms with Gasteiger partial charge in [0.1, 0.15) is 0 Å². The molecule has 0 bridgehead atoms. The van der Waals surface area contributed by atoms with Crippen molar-refractivity contribution in [1.29, 1.82) is 0 Å². The first-order chi connectivity index (χ1) is 9.84. The predicted octanol–water partition coefficient (Wildman–Crippen LogP) is 3.85. The van der Waals surface area contributed by atoms with Gasteiger partial charge in [0.25, 0.3) is 0 Å². The van der Waals surface area contributed by atoms with E-state index in [1.165, 1.54) is 48.2 Å². The molecule has 1 aliphatic heterocycles. The second-order valence-electron chi connectivity index (χ2n) is 6.10. The Kier molecular flexibility index (Phi) is 3.15. The standard InChI is InChI=1S/C16H20N2OS/c19-15(11-4-2-1-3-5-11)8-13-16-12(6-7-20-16)14-9-17-10-18(13)14/h6-7,9-11,13,15,19H,1-5,8H2/t13-,15-/m0/s1. The van der Waals surface area contributed by atoms with Gasteiger partial charge in [0.15, 0.2) is 0 Å². The summed E-state index contributed by atoms with van der Waals surface area (Å²) < 4.78 is 2.24. The minimum Gasteiger partial charge on any atom is -0.393 e. The molecule has 3 heterocycles. The Morgan fingerprint density at radius 3 is 3.05 bits per heavy atom. The van der Waals surface area contributed by atoms with Gasteiger partial charge in [-0.2, -0.15) is 0 Å². The summed E-state index contributed by atoms with van der Waals surface area (Å²) in [7, 11) is 0. The van der Waals surface area contributed by atoms with Gasteiger partial charge in [-0.15, -0.1) is 11.3 Å². The van der Waals surface area contributed by atoms with Gasteiger partial charge in [-0.1, -0.05) is 19.3 Å². The first-order valence-corrected chi connectivity index (χ1v) is 8.50. The van der Waals surface area contributed by atoms with Crippen LogP contribution in [-0.4, -0.2) is 20.8 Å². The third kappa shape index (κ3) is 1.93. The Labute approximate surface area is 123 Å². The first kappa shape index (κ1) is 12.6. The molecule has 106 valence electrons. The lowest BCUT2D eigenvalue weighted by molar-refractivity contribution is 0.0689. The van der Waals surface area contributed by atoms with E-state index in [2.05, 4.69) is 21.0 Å². The molecule has 0 unspecified atom stereocenters. The van der Waals surface area contributed by atoms with Crippen LogP contribution in [0.2, 0.25) is 0 Å². The molecule has 2 aliphatic rings. The molecule has 1 aliphatic carbocycles. The van der Waals surface area contributed by atoms with Crippen molar-refractivity contribution in [3.8, 4) is 11.3 Å². The minimum absolute atomic E-state index is 0.177. The lowest BCUT2D eigenvalue weighted by Crippen LogP contribution is -2.26. The number of nitrogens with zero attached hydrogens (tertiary/aromatic N) is 2. The fraction of sp³-hybridized carbons (Fsp3) is 0.562. The topological polar surface area (TPSA) is 38.1 Å². The number of rotatable bonds is 3. The van der Waals surface area contributed by atoms with Crippen LogP contribution in [0.25, 0.3) is 11.3 Å². The maximum Gasteiger partial charge on any atom is 0.0957 e. The second-order valence-corrected chi connectivity index (χ2v) is 7.05. The molecule has 20 heavy (non-hydrogen) atoms. The van der Waals surface area contributed by atoms with Crippen LogP contribution in [0.3, 0.4) is 0 Å². The van der Waals surface area contributed by atoms with Crippen molar-refractivity contribution >= 4 is 11.3 Å². The average molecular weight is 288 g/mol. The largest absolute Gasteiger partial charge is 0.393 e. The Morgan fingerprint density at radius 2 is 2.20 bits per heavy atom. The van der Waals surface area contributed by atoms with Gasteiger partial charge in [0.05, 0.1) is 30.4 Å². The fourth-order valence-electron chi connectivity index (χ4n) is 3.84. The summed E-state index contributed by atoms with van der Waals surface area (Å²) in [5.74, 6) is 0.500. The van der Waals surface area contributed by atoms with Crippen LogP contribution in [-0.2, 0) is 0 Å². The molecule has 0 radical (unpaired) electrons. The van der Waals surface area contributed by atoms with Crippen LogP contribution in [0.4, 0.5) is 0 Å². The molecular formula is C16H20N2OS. The van der Waals surface area contributed by atoms with Crippen molar-refractivity contribution in [2.45, 2.75) is 50.7 Å². The lowest BCUT2D eigenvalue weighted by Gasteiger charge is -2.28. The molecule has 0 amide bonds. The quantitative estimate of drug-likeness (QED) is 0.931. The molecule has 0 spiro atoms. The number of imidazole rings is 1. The Morgan fingerprint density at radius 1 is 1.35 bits per heavy atom. The minimum atomic E-state index is -0.177. The van der Waals surface area contributed by atoms with Crippen LogP contribution in [0.5, 0.6) is 0 Å². The van der Waals surface area contributed by atoms with Gasteiger partial charge in [-0.05, 0) is 36.6 Å². The monoisotopic (exact) mass is 288 g/mol. The molecule has 1 fully saturated rings. The van der Waals surface area contributed by atoms with Crippen molar-refractivity contribution in [3.05, 3.63) is 28.8 Å². The highest BCUT2D eigenvalue weighted by Crippen LogP contribution is 2.45. The van der Waals surface area contributed by atoms with E-state index in [1.54, 1.807) is 0 Å². The molecule has 0 saturated heterocycles. The Bertz CT molecular complexity index is 557. The van der Waals surface area contributed by atoms with E-state index in [9.17, 15) is 5.11 Å². The number of aliphatic hydroxyl groups is 1. The lowest BCUT2D eigenvalue weighted by atomic mass is 9.83. The van der Waals surface area contributed by atoms with Crippen LogP contribution in [0, 0.1) is 5.92 Å². The van der Waals surface area contributed by atoms with Gasteiger partial charge < -0.3 is 9.67 Å². The summed E-state index contributed by atoms with van der Waals surface area (Å²) in [5.41, 5.74) is 2.52. The van der Waals surface area contributed by atoms with E-state index in [1.807, 2.05) is 23.9 Å². The first-order valence-electron chi connectivity index (χ1n) is 7.62. The molecule has 2 aromatic heterocycles. The van der Waals surface area contributed by atoms with E-state index >= 15 is 0 Å². The number of aliphatic hydroxyl groups excluding tert-OH is 1. The molecule has 4 heteroatoms. The number of hydrogen-bond donors (Lipinski definition) is 1. The third-order valence-corrected chi connectivity index (χ3v) is 5.95. The van der Waals surface area contributed by atoms with Crippen molar-refractivity contribution in [2.75, 3.05) is 0 Å². The zero-order chi connectivity index (χ0) is 13.5. The second kappa shape index (κ2) is 5.01. The Hall–Kier alpha value is -1.13. The Balaban J connectivity index is 1.57. The number of aromatic nitrogens is 2. The number of fused-ring (bicyclic) bond motifs is 3. The van der Waals surface area contributed by atoms with E-state index in [4.69, 9.17) is 0 Å². The fourth-order valence-corrected chi connectivity index (χ4v) is 4.86. The summed E-state index contributed by atoms with van der Waals surface area (Å²) in [6, 6.07) is 2.47.